The van der Waals surface area contributed by atoms with Crippen molar-refractivity contribution in [3.63, 3.8) is 0 Å². The van der Waals surface area contributed by atoms with E-state index >= 15 is 0 Å². The van der Waals surface area contributed by atoms with Crippen LogP contribution >= 0.6 is 0 Å². The van der Waals surface area contributed by atoms with Crippen molar-refractivity contribution in [1.29, 1.82) is 0 Å². The molecule has 0 saturated carbocycles. The average molecular weight is 258 g/mol. The first-order valence-electron chi connectivity index (χ1n) is 3.69. The number of aromatic nitrogens is 1. The fourth-order valence-corrected chi connectivity index (χ4v) is 4.19. The molecule has 3 heteroatoms. The van der Waals surface area contributed by atoms with Crippen LogP contribution in [0, 0.1) is 5.21 Å². The van der Waals surface area contributed by atoms with E-state index in [2.05, 4.69) is 14.8 Å². The molecule has 1 heterocycles. The summed E-state index contributed by atoms with van der Waals surface area (Å²) in [7, 11) is 0. The molecule has 0 bridgehead atoms. The summed E-state index contributed by atoms with van der Waals surface area (Å²) in [5.41, 5.74) is 0. The van der Waals surface area contributed by atoms with Crippen molar-refractivity contribution < 1.29 is 4.73 Å². The van der Waals surface area contributed by atoms with Gasteiger partial charge in [0.05, 0.1) is 0 Å². The van der Waals surface area contributed by atoms with Gasteiger partial charge in [-0.3, -0.25) is 0 Å². The molecule has 1 aromatic heterocycles. The molecule has 0 aliphatic heterocycles. The minimum atomic E-state index is -1.90. The van der Waals surface area contributed by atoms with Crippen molar-refractivity contribution in [1.82, 2.24) is 0 Å². The third-order valence-electron chi connectivity index (χ3n) is 1.67. The van der Waals surface area contributed by atoms with Gasteiger partial charge in [-0.25, -0.2) is 0 Å². The third-order valence-corrected chi connectivity index (χ3v) is 7.56. The summed E-state index contributed by atoms with van der Waals surface area (Å²) in [5.74, 6) is 0. The SMILES string of the molecule is [CH3][Sn]([CH3])([CH3])[c]1cc[n+]([O-])cc1. The maximum absolute atomic E-state index is 10.7. The van der Waals surface area contributed by atoms with Crippen LogP contribution in [0.4, 0.5) is 0 Å². The number of hydrogen-bond donors (Lipinski definition) is 0. The molecule has 0 aliphatic rings. The fraction of sp³-hybridized carbons (Fsp3) is 0.375. The zero-order valence-corrected chi connectivity index (χ0v) is 10.0. The van der Waals surface area contributed by atoms with Crippen LogP contribution in [0.1, 0.15) is 0 Å². The number of nitrogens with zero attached hydrogens (tertiary/aromatic N) is 1. The van der Waals surface area contributed by atoms with Crippen LogP contribution in [-0.4, -0.2) is 18.4 Å². The molecular weight excluding hydrogens is 245 g/mol. The number of hydrogen-bond acceptors (Lipinski definition) is 1. The molecule has 0 aromatic carbocycles. The third kappa shape index (κ3) is 2.36. The van der Waals surface area contributed by atoms with E-state index in [4.69, 9.17) is 0 Å². The Bertz CT molecular complexity index is 237. The molecular formula is C8H13NOSn. The van der Waals surface area contributed by atoms with Gasteiger partial charge in [-0.05, 0) is 0 Å². The molecule has 0 spiro atoms. The van der Waals surface area contributed by atoms with Crippen molar-refractivity contribution in [3.05, 3.63) is 29.7 Å². The van der Waals surface area contributed by atoms with Crippen LogP contribution in [0.25, 0.3) is 0 Å². The van der Waals surface area contributed by atoms with Crippen LogP contribution in [-0.2, 0) is 0 Å². The second kappa shape index (κ2) is 3.01. The molecule has 0 atom stereocenters. The molecule has 1 aromatic rings. The maximum atomic E-state index is 10.7. The zero-order chi connectivity index (χ0) is 8.48. The Balaban J connectivity index is 2.99. The molecule has 0 aliphatic carbocycles. The van der Waals surface area contributed by atoms with E-state index < -0.39 is 18.4 Å². The Morgan fingerprint density at radius 2 is 1.64 bits per heavy atom. The molecule has 0 radical (unpaired) electrons. The van der Waals surface area contributed by atoms with Crippen molar-refractivity contribution >= 4 is 22.0 Å². The van der Waals surface area contributed by atoms with Crippen molar-refractivity contribution in [2.45, 2.75) is 14.8 Å². The molecule has 0 fully saturated rings. The fourth-order valence-electron chi connectivity index (χ4n) is 0.913. The topological polar surface area (TPSA) is 26.9 Å². The van der Waals surface area contributed by atoms with Gasteiger partial charge in [-0.1, -0.05) is 0 Å². The average Bonchev–Trinajstić information content (AvgIpc) is 1.86. The Hall–Kier alpha value is -0.251. The first-order valence-corrected chi connectivity index (χ1v) is 13.7. The van der Waals surface area contributed by atoms with E-state index in [9.17, 15) is 5.21 Å². The summed E-state index contributed by atoms with van der Waals surface area (Å²) in [6, 6.07) is 3.90. The Morgan fingerprint density at radius 3 is 2.00 bits per heavy atom. The number of pyridine rings is 1. The molecule has 1 rings (SSSR count). The standard InChI is InChI=1S/C5H4NO.3CH3.Sn/c7-6-4-2-1-3-5-6;;;;/h2-5H;3*1H3;. The predicted molar refractivity (Wildman–Crippen MR) is 48.4 cm³/mol. The molecule has 0 saturated heterocycles. The first kappa shape index (κ1) is 8.84. The van der Waals surface area contributed by atoms with Gasteiger partial charge in [-0.2, -0.15) is 0 Å². The second-order valence-corrected chi connectivity index (χ2v) is 18.2. The summed E-state index contributed by atoms with van der Waals surface area (Å²) >= 11 is -1.90. The Morgan fingerprint density at radius 1 is 1.18 bits per heavy atom. The predicted octanol–water partition coefficient (Wildman–Crippen LogP) is 0.865. The number of rotatable bonds is 1. The van der Waals surface area contributed by atoms with E-state index in [1.807, 2.05) is 12.1 Å². The van der Waals surface area contributed by atoms with Gasteiger partial charge >= 0.3 is 71.2 Å². The van der Waals surface area contributed by atoms with Gasteiger partial charge < -0.3 is 0 Å². The normalized spacial score (nSPS) is 11.5. The summed E-state index contributed by atoms with van der Waals surface area (Å²) in [6.45, 7) is 0. The zero-order valence-electron chi connectivity index (χ0n) is 7.16. The van der Waals surface area contributed by atoms with Gasteiger partial charge in [0.15, 0.2) is 0 Å². The molecule has 0 N–H and O–H groups in total. The molecule has 0 unspecified atom stereocenters. The van der Waals surface area contributed by atoms with E-state index in [0.717, 1.165) is 4.73 Å². The molecule has 11 heavy (non-hydrogen) atoms. The molecule has 60 valence electrons. The van der Waals surface area contributed by atoms with Gasteiger partial charge in [0, 0.05) is 0 Å². The molecule has 0 amide bonds. The van der Waals surface area contributed by atoms with Crippen LogP contribution in [0.5, 0.6) is 0 Å². The van der Waals surface area contributed by atoms with Crippen molar-refractivity contribution in [2.24, 2.45) is 0 Å². The van der Waals surface area contributed by atoms with Gasteiger partial charge in [0.2, 0.25) is 0 Å². The Labute approximate surface area is 71.3 Å². The van der Waals surface area contributed by atoms with Gasteiger partial charge in [-0.15, -0.1) is 0 Å². The summed E-state index contributed by atoms with van der Waals surface area (Å²) in [4.78, 5) is 7.00. The van der Waals surface area contributed by atoms with E-state index in [1.54, 1.807) is 12.4 Å². The van der Waals surface area contributed by atoms with Gasteiger partial charge in [0.1, 0.15) is 0 Å². The van der Waals surface area contributed by atoms with Crippen LogP contribution in [0.15, 0.2) is 24.5 Å². The van der Waals surface area contributed by atoms with E-state index in [0.29, 0.717) is 0 Å². The monoisotopic (exact) mass is 259 g/mol. The van der Waals surface area contributed by atoms with Crippen LogP contribution in [0.3, 0.4) is 0 Å². The van der Waals surface area contributed by atoms with Crippen molar-refractivity contribution in [3.8, 4) is 0 Å². The summed E-state index contributed by atoms with van der Waals surface area (Å²) < 4.78 is 2.23. The quantitative estimate of drug-likeness (QED) is 0.417. The molecule has 2 nitrogen and oxygen atoms in total. The first-order chi connectivity index (χ1) is 5.00. The second-order valence-electron chi connectivity index (χ2n) is 3.70. The minimum absolute atomic E-state index is 0.834. The van der Waals surface area contributed by atoms with Gasteiger partial charge in [0.25, 0.3) is 0 Å². The van der Waals surface area contributed by atoms with Crippen LogP contribution < -0.4 is 8.31 Å². The Kier molecular flexibility index (Phi) is 2.42. The van der Waals surface area contributed by atoms with Crippen molar-refractivity contribution in [2.75, 3.05) is 0 Å². The van der Waals surface area contributed by atoms with E-state index in [1.165, 1.54) is 3.58 Å². The van der Waals surface area contributed by atoms with Crippen LogP contribution in [0.2, 0.25) is 14.8 Å². The van der Waals surface area contributed by atoms with E-state index in [-0.39, 0.29) is 0 Å². The summed E-state index contributed by atoms with van der Waals surface area (Å²) in [5, 5.41) is 10.7. The summed E-state index contributed by atoms with van der Waals surface area (Å²) in [6.07, 6.45) is 3.16.